The van der Waals surface area contributed by atoms with Gasteiger partial charge in [0.05, 0.1) is 9.77 Å². The summed E-state index contributed by atoms with van der Waals surface area (Å²) in [6, 6.07) is 9.49. The summed E-state index contributed by atoms with van der Waals surface area (Å²) in [6.45, 7) is 0. The minimum Gasteiger partial charge on any atom is -0.321 e. The van der Waals surface area contributed by atoms with Crippen molar-refractivity contribution in [1.29, 1.82) is 0 Å². The molecule has 0 radical (unpaired) electrons. The van der Waals surface area contributed by atoms with E-state index in [9.17, 15) is 13.2 Å². The van der Waals surface area contributed by atoms with Crippen LogP contribution in [0.1, 0.15) is 10.5 Å². The fourth-order valence-corrected chi connectivity index (χ4v) is 3.94. The normalized spacial score (nSPS) is 11.3. The fraction of sp³-hybridized carbons (Fsp3) is 0. The monoisotopic (exact) mass is 365 g/mol. The van der Waals surface area contributed by atoms with Crippen LogP contribution in [0.5, 0.6) is 0 Å². The molecule has 6 nitrogen and oxygen atoms in total. The molecule has 0 saturated heterocycles. The minimum absolute atomic E-state index is 0.0101. The van der Waals surface area contributed by atoms with Crippen LogP contribution in [-0.4, -0.2) is 19.3 Å². The summed E-state index contributed by atoms with van der Waals surface area (Å²) >= 11 is 2.95. The first kappa shape index (κ1) is 15.8. The lowest BCUT2D eigenvalue weighted by molar-refractivity contribution is 0.102. The third-order valence-corrected chi connectivity index (χ3v) is 5.72. The van der Waals surface area contributed by atoms with Crippen molar-refractivity contribution in [2.24, 2.45) is 5.14 Å². The number of nitrogens with zero attached hydrogens (tertiary/aromatic N) is 1. The van der Waals surface area contributed by atoms with E-state index in [4.69, 9.17) is 5.14 Å². The highest BCUT2D eigenvalue weighted by molar-refractivity contribution is 7.89. The summed E-state index contributed by atoms with van der Waals surface area (Å²) in [5, 5.41) is 12.1. The van der Waals surface area contributed by atoms with Crippen LogP contribution in [0.3, 0.4) is 0 Å². The second-order valence-corrected chi connectivity index (χ2v) is 7.91. The van der Waals surface area contributed by atoms with Gasteiger partial charge < -0.3 is 5.32 Å². The van der Waals surface area contributed by atoms with Gasteiger partial charge in [-0.2, -0.15) is 0 Å². The van der Waals surface area contributed by atoms with Crippen LogP contribution in [0.15, 0.2) is 52.1 Å². The Balaban J connectivity index is 1.74. The molecule has 3 aromatic rings. The Morgan fingerprint density at radius 3 is 2.48 bits per heavy atom. The Labute approximate surface area is 140 Å². The van der Waals surface area contributed by atoms with Crippen LogP contribution >= 0.6 is 22.7 Å². The molecule has 9 heteroatoms. The Kier molecular flexibility index (Phi) is 4.26. The van der Waals surface area contributed by atoms with E-state index in [0.29, 0.717) is 11.4 Å². The third kappa shape index (κ3) is 3.64. The largest absolute Gasteiger partial charge is 0.321 e. The second kappa shape index (κ2) is 6.20. The zero-order valence-electron chi connectivity index (χ0n) is 11.6. The lowest BCUT2D eigenvalue weighted by Gasteiger charge is -2.04. The second-order valence-electron chi connectivity index (χ2n) is 4.54. The lowest BCUT2D eigenvalue weighted by atomic mass is 10.3. The third-order valence-electron chi connectivity index (χ3n) is 2.91. The molecular formula is C14H11N3O3S3. The number of nitrogens with two attached hydrogens (primary N) is 1. The molecule has 2 heterocycles. The summed E-state index contributed by atoms with van der Waals surface area (Å²) in [7, 11) is -3.74. The standard InChI is InChI=1S/C14H11N3O3S3/c15-23(19,20)10-5-3-9(4-6-10)16-13(18)11-8-22-14(17-11)12-2-1-7-21-12/h1-8H,(H,16,18)(H2,15,19,20). The maximum absolute atomic E-state index is 12.2. The van der Waals surface area contributed by atoms with Gasteiger partial charge in [-0.25, -0.2) is 18.5 Å². The Morgan fingerprint density at radius 1 is 1.13 bits per heavy atom. The van der Waals surface area contributed by atoms with Crippen molar-refractivity contribution >= 4 is 44.3 Å². The molecule has 0 fully saturated rings. The summed E-state index contributed by atoms with van der Waals surface area (Å²) in [5.41, 5.74) is 0.780. The molecule has 0 spiro atoms. The zero-order chi connectivity index (χ0) is 16.4. The summed E-state index contributed by atoms with van der Waals surface area (Å²) in [5.74, 6) is -0.354. The van der Waals surface area contributed by atoms with Gasteiger partial charge in [-0.1, -0.05) is 6.07 Å². The minimum atomic E-state index is -3.74. The number of sulfonamides is 1. The highest BCUT2D eigenvalue weighted by Gasteiger charge is 2.13. The molecule has 1 aromatic carbocycles. The van der Waals surface area contributed by atoms with E-state index in [-0.39, 0.29) is 10.8 Å². The van der Waals surface area contributed by atoms with E-state index in [1.54, 1.807) is 16.7 Å². The number of hydrogen-bond donors (Lipinski definition) is 2. The smallest absolute Gasteiger partial charge is 0.275 e. The number of thiophene rings is 1. The van der Waals surface area contributed by atoms with Gasteiger partial charge in [0.2, 0.25) is 10.0 Å². The lowest BCUT2D eigenvalue weighted by Crippen LogP contribution is -2.14. The molecule has 23 heavy (non-hydrogen) atoms. The van der Waals surface area contributed by atoms with Crippen LogP contribution in [-0.2, 0) is 10.0 Å². The molecule has 0 aliphatic rings. The van der Waals surface area contributed by atoms with Gasteiger partial charge in [0.1, 0.15) is 10.7 Å². The van der Waals surface area contributed by atoms with Crippen LogP contribution in [0, 0.1) is 0 Å². The molecular weight excluding hydrogens is 354 g/mol. The van der Waals surface area contributed by atoms with E-state index in [1.165, 1.54) is 35.6 Å². The highest BCUT2D eigenvalue weighted by Crippen LogP contribution is 2.28. The zero-order valence-corrected chi connectivity index (χ0v) is 14.0. The number of hydrogen-bond acceptors (Lipinski definition) is 6. The number of carbonyl (C=O) groups excluding carboxylic acids is 1. The van der Waals surface area contributed by atoms with E-state index >= 15 is 0 Å². The fourth-order valence-electron chi connectivity index (χ4n) is 1.81. The molecule has 0 saturated carbocycles. The summed E-state index contributed by atoms with van der Waals surface area (Å²) in [4.78, 5) is 17.5. The van der Waals surface area contributed by atoms with Crippen molar-refractivity contribution in [2.75, 3.05) is 5.32 Å². The van der Waals surface area contributed by atoms with Crippen molar-refractivity contribution < 1.29 is 13.2 Å². The molecule has 2 aromatic heterocycles. The van der Waals surface area contributed by atoms with E-state index in [1.807, 2.05) is 17.5 Å². The number of rotatable bonds is 4. The quantitative estimate of drug-likeness (QED) is 0.742. The number of nitrogens with one attached hydrogen (secondary N) is 1. The first-order chi connectivity index (χ1) is 10.9. The number of aromatic nitrogens is 1. The molecule has 0 aliphatic heterocycles. The Hall–Kier alpha value is -2.07. The van der Waals surface area contributed by atoms with Crippen LogP contribution in [0.25, 0.3) is 9.88 Å². The molecule has 0 atom stereocenters. The number of anilines is 1. The first-order valence-electron chi connectivity index (χ1n) is 6.37. The van der Waals surface area contributed by atoms with Crippen molar-refractivity contribution in [3.63, 3.8) is 0 Å². The number of thiazole rings is 1. The molecule has 0 bridgehead atoms. The van der Waals surface area contributed by atoms with Crippen LogP contribution < -0.4 is 10.5 Å². The number of carbonyl (C=O) groups is 1. The average molecular weight is 365 g/mol. The average Bonchev–Trinajstić information content (AvgIpc) is 3.18. The maximum Gasteiger partial charge on any atom is 0.275 e. The molecule has 3 N–H and O–H groups in total. The SMILES string of the molecule is NS(=O)(=O)c1ccc(NC(=O)c2csc(-c3cccs3)n2)cc1. The van der Waals surface area contributed by atoms with Gasteiger partial charge in [-0.3, -0.25) is 4.79 Å². The first-order valence-corrected chi connectivity index (χ1v) is 9.68. The molecule has 0 aliphatic carbocycles. The summed E-state index contributed by atoms with van der Waals surface area (Å²) < 4.78 is 22.4. The maximum atomic E-state index is 12.2. The van der Waals surface area contributed by atoms with Crippen molar-refractivity contribution in [1.82, 2.24) is 4.98 Å². The van der Waals surface area contributed by atoms with Crippen molar-refractivity contribution in [3.05, 3.63) is 52.9 Å². The summed E-state index contributed by atoms with van der Waals surface area (Å²) in [6.07, 6.45) is 0. The van der Waals surface area contributed by atoms with E-state index < -0.39 is 10.0 Å². The van der Waals surface area contributed by atoms with Crippen LogP contribution in [0.2, 0.25) is 0 Å². The van der Waals surface area contributed by atoms with E-state index in [0.717, 1.165) is 9.88 Å². The molecule has 1 amide bonds. The van der Waals surface area contributed by atoms with Crippen LogP contribution in [0.4, 0.5) is 5.69 Å². The molecule has 3 rings (SSSR count). The van der Waals surface area contributed by atoms with Gasteiger partial charge >= 0.3 is 0 Å². The molecule has 118 valence electrons. The van der Waals surface area contributed by atoms with Gasteiger partial charge in [0.25, 0.3) is 5.91 Å². The predicted molar refractivity (Wildman–Crippen MR) is 91.2 cm³/mol. The Bertz CT molecular complexity index is 929. The van der Waals surface area contributed by atoms with E-state index in [2.05, 4.69) is 10.3 Å². The number of primary sulfonamides is 1. The van der Waals surface area contributed by atoms with Crippen molar-refractivity contribution in [3.8, 4) is 9.88 Å². The predicted octanol–water partition coefficient (Wildman–Crippen LogP) is 2.77. The topological polar surface area (TPSA) is 102 Å². The van der Waals surface area contributed by atoms with Gasteiger partial charge in [0, 0.05) is 11.1 Å². The Morgan fingerprint density at radius 2 is 1.87 bits per heavy atom. The highest BCUT2D eigenvalue weighted by atomic mass is 32.2. The van der Waals surface area contributed by atoms with Crippen molar-refractivity contribution in [2.45, 2.75) is 4.90 Å². The number of benzene rings is 1. The van der Waals surface area contributed by atoms with Gasteiger partial charge in [0.15, 0.2) is 0 Å². The molecule has 0 unspecified atom stereocenters. The number of amides is 1. The van der Waals surface area contributed by atoms with Gasteiger partial charge in [-0.05, 0) is 35.7 Å². The van der Waals surface area contributed by atoms with Gasteiger partial charge in [-0.15, -0.1) is 22.7 Å².